The fourth-order valence-corrected chi connectivity index (χ4v) is 2.27. The highest BCUT2D eigenvalue weighted by Gasteiger charge is 2.26. The quantitative estimate of drug-likeness (QED) is 0.871. The predicted octanol–water partition coefficient (Wildman–Crippen LogP) is 2.60. The molecular formula is C16H22N2O5. The van der Waals surface area contributed by atoms with Crippen molar-refractivity contribution >= 4 is 17.0 Å². The number of aliphatic hydroxyl groups excluding tert-OH is 1. The lowest BCUT2D eigenvalue weighted by Gasteiger charge is -2.22. The van der Waals surface area contributed by atoms with Crippen molar-refractivity contribution in [1.82, 2.24) is 9.55 Å². The molecule has 2 rings (SSSR count). The summed E-state index contributed by atoms with van der Waals surface area (Å²) in [5.41, 5.74) is 0.884. The lowest BCUT2D eigenvalue weighted by molar-refractivity contribution is -0.110. The minimum absolute atomic E-state index is 0.219. The Balaban J connectivity index is 2.64. The summed E-state index contributed by atoms with van der Waals surface area (Å²) >= 11 is 0. The minimum Gasteiger partial charge on any atom is -0.443 e. The molecule has 0 aliphatic rings. The van der Waals surface area contributed by atoms with E-state index in [2.05, 4.69) is 4.98 Å². The van der Waals surface area contributed by atoms with Crippen LogP contribution in [0.1, 0.15) is 38.4 Å². The van der Waals surface area contributed by atoms with Gasteiger partial charge in [-0.3, -0.25) is 4.98 Å². The van der Waals surface area contributed by atoms with Crippen molar-refractivity contribution in [1.29, 1.82) is 0 Å². The van der Waals surface area contributed by atoms with Gasteiger partial charge in [-0.15, -0.1) is 0 Å². The molecule has 126 valence electrons. The minimum atomic E-state index is -0.729. The average molecular weight is 322 g/mol. The third-order valence-electron chi connectivity index (χ3n) is 3.18. The van der Waals surface area contributed by atoms with Crippen LogP contribution in [0, 0.1) is 0 Å². The first-order valence-corrected chi connectivity index (χ1v) is 7.20. The first kappa shape index (κ1) is 17.4. The molecule has 1 N–H and O–H groups in total. The Morgan fingerprint density at radius 3 is 2.48 bits per heavy atom. The van der Waals surface area contributed by atoms with E-state index in [1.165, 1.54) is 18.8 Å². The fourth-order valence-electron chi connectivity index (χ4n) is 2.27. The molecule has 0 fully saturated rings. The van der Waals surface area contributed by atoms with Gasteiger partial charge >= 0.3 is 6.09 Å². The predicted molar refractivity (Wildman–Crippen MR) is 84.0 cm³/mol. The third kappa shape index (κ3) is 3.69. The number of methoxy groups -OCH3 is 2. The Morgan fingerprint density at radius 2 is 1.96 bits per heavy atom. The second-order valence-electron chi connectivity index (χ2n) is 6.08. The van der Waals surface area contributed by atoms with Gasteiger partial charge in [0.2, 0.25) is 0 Å². The molecule has 7 nitrogen and oxygen atoms in total. The number of rotatable bonds is 4. The molecule has 0 radical (unpaired) electrons. The van der Waals surface area contributed by atoms with E-state index < -0.39 is 18.0 Å². The highest BCUT2D eigenvalue weighted by atomic mass is 16.7. The van der Waals surface area contributed by atoms with Gasteiger partial charge in [-0.1, -0.05) is 0 Å². The lowest BCUT2D eigenvalue weighted by atomic mass is 10.2. The maximum Gasteiger partial charge on any atom is 0.419 e. The Bertz CT molecular complexity index is 698. The summed E-state index contributed by atoms with van der Waals surface area (Å²) in [5, 5.41) is 10.0. The molecule has 0 spiro atoms. The third-order valence-corrected chi connectivity index (χ3v) is 3.18. The molecule has 0 amide bonds. The van der Waals surface area contributed by atoms with Crippen LogP contribution in [0.2, 0.25) is 0 Å². The smallest absolute Gasteiger partial charge is 0.419 e. The number of hydrogen-bond acceptors (Lipinski definition) is 6. The van der Waals surface area contributed by atoms with Crippen molar-refractivity contribution in [3.05, 3.63) is 29.7 Å². The fraction of sp³-hybridized carbons (Fsp3) is 0.500. The molecule has 2 aromatic rings. The van der Waals surface area contributed by atoms with Gasteiger partial charge in [-0.2, -0.15) is 0 Å². The van der Waals surface area contributed by atoms with Gasteiger partial charge in [0.1, 0.15) is 5.60 Å². The first-order valence-electron chi connectivity index (χ1n) is 7.20. The van der Waals surface area contributed by atoms with Crippen molar-refractivity contribution in [3.8, 4) is 0 Å². The van der Waals surface area contributed by atoms with E-state index in [1.807, 2.05) is 0 Å². The molecule has 2 heterocycles. The second-order valence-corrected chi connectivity index (χ2v) is 6.08. The number of pyridine rings is 1. The normalized spacial score (nSPS) is 12.1. The molecule has 23 heavy (non-hydrogen) atoms. The molecule has 0 aromatic carbocycles. The van der Waals surface area contributed by atoms with Crippen LogP contribution < -0.4 is 0 Å². The summed E-state index contributed by atoms with van der Waals surface area (Å²) in [6.45, 7) is 5.16. The number of carbonyl (C=O) groups is 1. The zero-order valence-electron chi connectivity index (χ0n) is 14.0. The van der Waals surface area contributed by atoms with Crippen LogP contribution in [-0.4, -0.2) is 40.6 Å². The van der Waals surface area contributed by atoms with E-state index in [1.54, 1.807) is 39.1 Å². The number of aliphatic hydroxyl groups is 1. The molecular weight excluding hydrogens is 300 g/mol. The highest BCUT2D eigenvalue weighted by Crippen LogP contribution is 2.28. The number of fused-ring (bicyclic) bond motifs is 1. The first-order chi connectivity index (χ1) is 10.8. The monoisotopic (exact) mass is 322 g/mol. The van der Waals surface area contributed by atoms with E-state index >= 15 is 0 Å². The maximum atomic E-state index is 12.6. The zero-order valence-corrected chi connectivity index (χ0v) is 14.0. The van der Waals surface area contributed by atoms with Crippen LogP contribution in [0.15, 0.2) is 18.3 Å². The van der Waals surface area contributed by atoms with Crippen molar-refractivity contribution in [2.45, 2.75) is 39.3 Å². The van der Waals surface area contributed by atoms with E-state index in [4.69, 9.17) is 14.2 Å². The Hall–Kier alpha value is -1.96. The van der Waals surface area contributed by atoms with Crippen LogP contribution in [0.4, 0.5) is 4.79 Å². The molecule has 0 saturated carbocycles. The topological polar surface area (TPSA) is 82.8 Å². The Labute approximate surface area is 134 Å². The Morgan fingerprint density at radius 1 is 1.30 bits per heavy atom. The lowest BCUT2D eigenvalue weighted by Crippen LogP contribution is -2.28. The molecule has 0 aliphatic heterocycles. The van der Waals surface area contributed by atoms with E-state index in [9.17, 15) is 9.90 Å². The van der Waals surface area contributed by atoms with Crippen LogP contribution >= 0.6 is 0 Å². The number of carbonyl (C=O) groups excluding carboxylic acids is 1. The van der Waals surface area contributed by atoms with Crippen LogP contribution in [0.3, 0.4) is 0 Å². The van der Waals surface area contributed by atoms with Crippen LogP contribution in [0.5, 0.6) is 0 Å². The largest absolute Gasteiger partial charge is 0.443 e. The zero-order chi connectivity index (χ0) is 17.2. The number of ether oxygens (including phenoxy) is 3. The summed E-state index contributed by atoms with van der Waals surface area (Å²) in [5.74, 6) is 0. The van der Waals surface area contributed by atoms with Gasteiger partial charge in [0.25, 0.3) is 0 Å². The van der Waals surface area contributed by atoms with Crippen molar-refractivity contribution in [2.24, 2.45) is 0 Å². The van der Waals surface area contributed by atoms with Gasteiger partial charge in [-0.05, 0) is 32.9 Å². The molecule has 0 bridgehead atoms. The number of aromatic nitrogens is 2. The van der Waals surface area contributed by atoms with Crippen molar-refractivity contribution in [3.63, 3.8) is 0 Å². The highest BCUT2D eigenvalue weighted by molar-refractivity contribution is 5.90. The Kier molecular flexibility index (Phi) is 5.03. The van der Waals surface area contributed by atoms with Gasteiger partial charge in [0.15, 0.2) is 6.29 Å². The van der Waals surface area contributed by atoms with Crippen molar-refractivity contribution < 1.29 is 24.1 Å². The van der Waals surface area contributed by atoms with E-state index in [-0.39, 0.29) is 6.61 Å². The second kappa shape index (κ2) is 6.66. The average Bonchev–Trinajstić information content (AvgIpc) is 2.84. The van der Waals surface area contributed by atoms with E-state index in [0.29, 0.717) is 16.9 Å². The van der Waals surface area contributed by atoms with Gasteiger partial charge < -0.3 is 19.3 Å². The summed E-state index contributed by atoms with van der Waals surface area (Å²) in [6, 6.07) is 3.40. The molecule has 0 atom stereocenters. The molecule has 7 heteroatoms. The molecule has 0 aliphatic carbocycles. The van der Waals surface area contributed by atoms with Gasteiger partial charge in [0, 0.05) is 25.8 Å². The molecule has 0 unspecified atom stereocenters. The standard InChI is InChI=1S/C16H22N2O5/c1-16(2,3)23-15(20)18-12-7-11(9-19)17-8-10(12)6-13(18)14(21-4)22-5/h6-8,14,19H,9H2,1-5H3. The summed E-state index contributed by atoms with van der Waals surface area (Å²) in [4.78, 5) is 16.8. The SMILES string of the molecule is COC(OC)c1cc2cnc(CO)cc2n1C(=O)OC(C)(C)C. The summed E-state index contributed by atoms with van der Waals surface area (Å²) in [7, 11) is 2.98. The van der Waals surface area contributed by atoms with Gasteiger partial charge in [0.05, 0.1) is 23.5 Å². The molecule has 2 aromatic heterocycles. The van der Waals surface area contributed by atoms with Crippen LogP contribution in [-0.2, 0) is 20.8 Å². The summed E-state index contributed by atoms with van der Waals surface area (Å²) in [6.07, 6.45) is 0.317. The van der Waals surface area contributed by atoms with Crippen molar-refractivity contribution in [2.75, 3.05) is 14.2 Å². The number of hydrogen-bond donors (Lipinski definition) is 1. The number of nitrogens with zero attached hydrogens (tertiary/aromatic N) is 2. The van der Waals surface area contributed by atoms with E-state index in [0.717, 1.165) is 5.39 Å². The summed E-state index contributed by atoms with van der Waals surface area (Å²) < 4.78 is 17.4. The maximum absolute atomic E-state index is 12.6. The van der Waals surface area contributed by atoms with Crippen LogP contribution in [0.25, 0.3) is 10.9 Å². The molecule has 0 saturated heterocycles. The van der Waals surface area contributed by atoms with Gasteiger partial charge in [-0.25, -0.2) is 9.36 Å².